The number of esters is 1. The zero-order valence-corrected chi connectivity index (χ0v) is 30.3. The van der Waals surface area contributed by atoms with Crippen LogP contribution in [0.1, 0.15) is 36.5 Å². The highest BCUT2D eigenvalue weighted by molar-refractivity contribution is 7.89. The first-order chi connectivity index (χ1) is 24.4. The van der Waals surface area contributed by atoms with Crippen molar-refractivity contribution in [1.29, 1.82) is 0 Å². The Balaban J connectivity index is 1.25. The first-order valence-electron chi connectivity index (χ1n) is 16.7. The number of amides is 1. The maximum absolute atomic E-state index is 14.1. The molecular formula is C35H42N3O11S2. The van der Waals surface area contributed by atoms with Gasteiger partial charge in [0.1, 0.15) is 24.6 Å². The lowest BCUT2D eigenvalue weighted by molar-refractivity contribution is -0.145. The molecule has 0 unspecified atom stereocenters. The molecule has 3 aliphatic rings. The average Bonchev–Trinajstić information content (AvgIpc) is 3.90. The van der Waals surface area contributed by atoms with E-state index in [4.69, 9.17) is 33.2 Å². The second-order valence-electron chi connectivity index (χ2n) is 13.0. The van der Waals surface area contributed by atoms with Gasteiger partial charge in [-0.1, -0.05) is 26.0 Å². The Bertz CT molecular complexity index is 1780. The zero-order chi connectivity index (χ0) is 36.1. The van der Waals surface area contributed by atoms with Crippen molar-refractivity contribution in [3.63, 3.8) is 0 Å². The number of thiazole rings is 1. The smallest absolute Gasteiger partial charge is 0.407 e. The van der Waals surface area contributed by atoms with Crippen molar-refractivity contribution in [3.05, 3.63) is 71.0 Å². The first kappa shape index (κ1) is 36.8. The number of rotatable bonds is 15. The monoisotopic (exact) mass is 744 g/mol. The topological polar surface area (TPSA) is 161 Å². The van der Waals surface area contributed by atoms with Gasteiger partial charge in [0.15, 0.2) is 17.8 Å². The lowest BCUT2D eigenvalue weighted by Gasteiger charge is -2.33. The van der Waals surface area contributed by atoms with E-state index in [2.05, 4.69) is 17.2 Å². The van der Waals surface area contributed by atoms with E-state index in [0.717, 1.165) is 16.3 Å². The van der Waals surface area contributed by atoms with Crippen LogP contribution in [0.25, 0.3) is 0 Å². The maximum Gasteiger partial charge on any atom is 0.407 e. The number of nitrogens with zero attached hydrogens (tertiary/aromatic N) is 2. The molecule has 3 aliphatic heterocycles. The molecule has 1 N–H and O–H groups in total. The van der Waals surface area contributed by atoms with Crippen molar-refractivity contribution < 1.29 is 51.2 Å². The highest BCUT2D eigenvalue weighted by atomic mass is 32.2. The SMILES string of the molecule is [CH2]C(=O)O[C@H](CN(CC(C)C)S(=O)(=O)c1ccc2c(c1)OCO2)[C@H](Cc1ccc(OCc2csc(C)n2)cc1)NC(=O)O[C@H]1CO[C@H]2OCC[C@H]21. The Morgan fingerprint density at radius 3 is 2.61 bits per heavy atom. The fourth-order valence-corrected chi connectivity index (χ4v) is 8.46. The van der Waals surface area contributed by atoms with Crippen molar-refractivity contribution in [2.24, 2.45) is 11.8 Å². The molecule has 2 fully saturated rings. The van der Waals surface area contributed by atoms with E-state index in [1.165, 1.54) is 22.5 Å². The second kappa shape index (κ2) is 16.2. The molecule has 5 atom stereocenters. The summed E-state index contributed by atoms with van der Waals surface area (Å²) in [7, 11) is -4.15. The highest BCUT2D eigenvalue weighted by Crippen LogP contribution is 2.35. The summed E-state index contributed by atoms with van der Waals surface area (Å²) in [5, 5.41) is 5.76. The minimum absolute atomic E-state index is 0.0144. The molecule has 1 amide bonds. The molecule has 0 bridgehead atoms. The summed E-state index contributed by atoms with van der Waals surface area (Å²) in [6.45, 7) is 9.86. The van der Waals surface area contributed by atoms with Crippen LogP contribution < -0.4 is 19.5 Å². The third kappa shape index (κ3) is 9.29. The standard InChI is InChI=1S/C35H42N3O11S2/c1-21(2)15-38(51(41,42)27-9-10-30-31(14-27)47-20-46-30)16-32(48-23(4)39)29(37-35(40)49-33-18-45-34-28(33)11-12-43-34)13-24-5-7-26(8-6-24)44-17-25-19-50-22(3)36-25/h5-10,14,19,21,28-29,32-34H,4,11-13,15-18,20H2,1-3H3,(H,37,40)/t28-,29-,32+,33-,34+/m0/s1. The summed E-state index contributed by atoms with van der Waals surface area (Å²) in [6.07, 6.45) is -2.06. The molecule has 2 aromatic carbocycles. The van der Waals surface area contributed by atoms with Crippen LogP contribution in [-0.2, 0) is 46.8 Å². The van der Waals surface area contributed by atoms with Gasteiger partial charge in [-0.05, 0) is 55.5 Å². The Morgan fingerprint density at radius 2 is 1.88 bits per heavy atom. The summed E-state index contributed by atoms with van der Waals surface area (Å²) in [5.41, 5.74) is 1.58. The molecule has 0 aliphatic carbocycles. The van der Waals surface area contributed by atoms with E-state index >= 15 is 0 Å². The molecule has 275 valence electrons. The molecule has 3 aromatic rings. The molecule has 6 rings (SSSR count). The molecule has 0 spiro atoms. The molecule has 1 aromatic heterocycles. The van der Waals surface area contributed by atoms with Crippen molar-refractivity contribution in [3.8, 4) is 17.2 Å². The molecule has 51 heavy (non-hydrogen) atoms. The van der Waals surface area contributed by atoms with Gasteiger partial charge in [0.05, 0.1) is 54.2 Å². The Kier molecular flexibility index (Phi) is 11.7. The van der Waals surface area contributed by atoms with Crippen molar-refractivity contribution in [1.82, 2.24) is 14.6 Å². The van der Waals surface area contributed by atoms with E-state index in [9.17, 15) is 18.0 Å². The fraction of sp³-hybridized carbons (Fsp3) is 0.486. The van der Waals surface area contributed by atoms with Crippen LogP contribution in [0.4, 0.5) is 4.79 Å². The van der Waals surface area contributed by atoms with Gasteiger partial charge in [0.25, 0.3) is 0 Å². The maximum atomic E-state index is 14.1. The van der Waals surface area contributed by atoms with Crippen LogP contribution in [0.3, 0.4) is 0 Å². The average molecular weight is 745 g/mol. The summed E-state index contributed by atoms with van der Waals surface area (Å²) in [5.74, 6) is 0.267. The number of alkyl carbamates (subject to hydrolysis) is 1. The number of carbonyl (C=O) groups excluding carboxylic acids is 2. The van der Waals surface area contributed by atoms with Crippen molar-refractivity contribution in [2.75, 3.05) is 33.1 Å². The van der Waals surface area contributed by atoms with E-state index < -0.39 is 46.6 Å². The largest absolute Gasteiger partial charge is 0.487 e. The number of aryl methyl sites for hydroxylation is 1. The molecule has 4 heterocycles. The molecule has 1 radical (unpaired) electrons. The van der Waals surface area contributed by atoms with E-state index in [1.54, 1.807) is 23.5 Å². The number of ether oxygens (including phenoxy) is 7. The van der Waals surface area contributed by atoms with Gasteiger partial charge < -0.3 is 38.5 Å². The third-order valence-electron chi connectivity index (χ3n) is 8.64. The summed E-state index contributed by atoms with van der Waals surface area (Å²) >= 11 is 1.55. The van der Waals surface area contributed by atoms with Gasteiger partial charge in [0, 0.05) is 18.0 Å². The predicted molar refractivity (Wildman–Crippen MR) is 184 cm³/mol. The second-order valence-corrected chi connectivity index (χ2v) is 16.0. The minimum Gasteiger partial charge on any atom is -0.487 e. The van der Waals surface area contributed by atoms with Crippen LogP contribution in [0.2, 0.25) is 0 Å². The van der Waals surface area contributed by atoms with Crippen LogP contribution >= 0.6 is 11.3 Å². The number of hydrogen-bond acceptors (Lipinski definition) is 13. The number of nitrogens with one attached hydrogen (secondary N) is 1. The van der Waals surface area contributed by atoms with Crippen molar-refractivity contribution in [2.45, 2.75) is 69.7 Å². The predicted octanol–water partition coefficient (Wildman–Crippen LogP) is 4.25. The normalized spacial score (nSPS) is 20.6. The van der Waals surface area contributed by atoms with Crippen molar-refractivity contribution >= 4 is 33.4 Å². The molecule has 0 saturated carbocycles. The van der Waals surface area contributed by atoms with Crippen LogP contribution in [0.5, 0.6) is 17.2 Å². The molecular weight excluding hydrogens is 703 g/mol. The van der Waals surface area contributed by atoms with Crippen LogP contribution in [-0.4, -0.2) is 87.4 Å². The van der Waals surface area contributed by atoms with Crippen LogP contribution in [0.15, 0.2) is 52.7 Å². The third-order valence-corrected chi connectivity index (χ3v) is 11.3. The number of aromatic nitrogens is 1. The number of carbonyl (C=O) groups is 2. The molecule has 2 saturated heterocycles. The molecule has 14 nitrogen and oxygen atoms in total. The number of sulfonamides is 1. The highest BCUT2D eigenvalue weighted by Gasteiger charge is 2.44. The number of hydrogen-bond donors (Lipinski definition) is 1. The first-order valence-corrected chi connectivity index (χ1v) is 19.0. The zero-order valence-electron chi connectivity index (χ0n) is 28.6. The van der Waals surface area contributed by atoms with E-state index in [0.29, 0.717) is 36.9 Å². The van der Waals surface area contributed by atoms with Gasteiger partial charge in [-0.2, -0.15) is 4.31 Å². The quantitative estimate of drug-likeness (QED) is 0.221. The van der Waals surface area contributed by atoms with Gasteiger partial charge in [0.2, 0.25) is 16.8 Å². The van der Waals surface area contributed by atoms with E-state index in [1.807, 2.05) is 38.3 Å². The van der Waals surface area contributed by atoms with Crippen LogP contribution in [0, 0.1) is 25.7 Å². The summed E-state index contributed by atoms with van der Waals surface area (Å²) in [4.78, 5) is 30.3. The Labute approximate surface area is 301 Å². The summed E-state index contributed by atoms with van der Waals surface area (Å²) in [6, 6.07) is 10.7. The van der Waals surface area contributed by atoms with Gasteiger partial charge in [-0.3, -0.25) is 4.79 Å². The van der Waals surface area contributed by atoms with Gasteiger partial charge in [-0.15, -0.1) is 11.3 Å². The Morgan fingerprint density at radius 1 is 1.10 bits per heavy atom. The number of benzene rings is 2. The van der Waals surface area contributed by atoms with Gasteiger partial charge in [-0.25, -0.2) is 18.2 Å². The van der Waals surface area contributed by atoms with E-state index in [-0.39, 0.29) is 49.6 Å². The fourth-order valence-electron chi connectivity index (χ4n) is 6.23. The molecule has 16 heteroatoms. The lowest BCUT2D eigenvalue weighted by atomic mass is 10.0. The van der Waals surface area contributed by atoms with Gasteiger partial charge >= 0.3 is 12.1 Å². The number of fused-ring (bicyclic) bond motifs is 2. The lowest BCUT2D eigenvalue weighted by Crippen LogP contribution is -2.53. The Hall–Kier alpha value is -3.96. The summed E-state index contributed by atoms with van der Waals surface area (Å²) < 4.78 is 68.9. The minimum atomic E-state index is -4.15.